The molecule has 3 rings (SSSR count). The van der Waals surface area contributed by atoms with Gasteiger partial charge in [-0.15, -0.1) is 12.4 Å². The van der Waals surface area contributed by atoms with E-state index in [0.29, 0.717) is 17.9 Å². The lowest BCUT2D eigenvalue weighted by molar-refractivity contribution is -0.123. The Balaban J connectivity index is 0.00000147. The second kappa shape index (κ2) is 7.13. The maximum Gasteiger partial charge on any atom is 0.220 e. The summed E-state index contributed by atoms with van der Waals surface area (Å²) in [5.41, 5.74) is 0. The minimum Gasteiger partial charge on any atom is -0.353 e. The van der Waals surface area contributed by atoms with Gasteiger partial charge >= 0.3 is 0 Å². The third-order valence-corrected chi connectivity index (χ3v) is 5.28. The predicted molar refractivity (Wildman–Crippen MR) is 84.0 cm³/mol. The standard InChI is InChI=1S/C16H28N2O.ClH/c1-11(12-6-8-17-9-7-12)10-15(19)18-16(13-2-3-13)14-4-5-14;/h11-14,16-17H,2-10H2,1H3,(H,18,19);1H. The van der Waals surface area contributed by atoms with Gasteiger partial charge in [0.2, 0.25) is 5.91 Å². The molecule has 20 heavy (non-hydrogen) atoms. The number of halogens is 1. The van der Waals surface area contributed by atoms with Crippen molar-refractivity contribution in [2.24, 2.45) is 23.7 Å². The van der Waals surface area contributed by atoms with Gasteiger partial charge in [0.25, 0.3) is 0 Å². The van der Waals surface area contributed by atoms with E-state index < -0.39 is 0 Å². The van der Waals surface area contributed by atoms with Crippen molar-refractivity contribution in [3.63, 3.8) is 0 Å². The maximum absolute atomic E-state index is 12.2. The molecule has 1 heterocycles. The van der Waals surface area contributed by atoms with E-state index in [0.717, 1.165) is 37.3 Å². The number of carbonyl (C=O) groups is 1. The SMILES string of the molecule is CC(CC(=O)NC(C1CC1)C1CC1)C1CCNCC1.Cl. The predicted octanol–water partition coefficient (Wildman–Crippen LogP) is 2.74. The molecule has 0 spiro atoms. The van der Waals surface area contributed by atoms with Crippen molar-refractivity contribution in [2.75, 3.05) is 13.1 Å². The highest BCUT2D eigenvalue weighted by molar-refractivity contribution is 5.85. The van der Waals surface area contributed by atoms with E-state index >= 15 is 0 Å². The fourth-order valence-corrected chi connectivity index (χ4v) is 3.65. The maximum atomic E-state index is 12.2. The Morgan fingerprint density at radius 1 is 1.05 bits per heavy atom. The molecule has 2 saturated carbocycles. The van der Waals surface area contributed by atoms with E-state index in [1.165, 1.54) is 38.5 Å². The molecule has 4 heteroatoms. The third-order valence-electron chi connectivity index (χ3n) is 5.28. The van der Waals surface area contributed by atoms with Gasteiger partial charge in [-0.05, 0) is 75.3 Å². The van der Waals surface area contributed by atoms with Crippen molar-refractivity contribution >= 4 is 18.3 Å². The van der Waals surface area contributed by atoms with E-state index in [9.17, 15) is 4.79 Å². The molecule has 3 aliphatic rings. The molecule has 0 radical (unpaired) electrons. The van der Waals surface area contributed by atoms with Gasteiger partial charge in [0.05, 0.1) is 0 Å². The van der Waals surface area contributed by atoms with Crippen molar-refractivity contribution in [3.05, 3.63) is 0 Å². The molecule has 1 atom stereocenters. The summed E-state index contributed by atoms with van der Waals surface area (Å²) in [6, 6.07) is 0.521. The van der Waals surface area contributed by atoms with Crippen LogP contribution in [0.5, 0.6) is 0 Å². The molecule has 1 amide bonds. The quantitative estimate of drug-likeness (QED) is 0.792. The lowest BCUT2D eigenvalue weighted by Gasteiger charge is -2.28. The number of nitrogens with one attached hydrogen (secondary N) is 2. The molecule has 2 aliphatic carbocycles. The summed E-state index contributed by atoms with van der Waals surface area (Å²) in [4.78, 5) is 12.2. The Labute approximate surface area is 129 Å². The highest BCUT2D eigenvalue weighted by Gasteiger charge is 2.42. The third kappa shape index (κ3) is 4.36. The van der Waals surface area contributed by atoms with Gasteiger partial charge in [0.1, 0.15) is 0 Å². The van der Waals surface area contributed by atoms with Crippen LogP contribution < -0.4 is 10.6 Å². The average Bonchev–Trinajstić information content (AvgIpc) is 3.30. The van der Waals surface area contributed by atoms with Gasteiger partial charge in [-0.2, -0.15) is 0 Å². The minimum absolute atomic E-state index is 0. The van der Waals surface area contributed by atoms with Crippen LogP contribution in [0.15, 0.2) is 0 Å². The van der Waals surface area contributed by atoms with Crippen LogP contribution in [0.4, 0.5) is 0 Å². The van der Waals surface area contributed by atoms with Gasteiger partial charge in [0, 0.05) is 12.5 Å². The largest absolute Gasteiger partial charge is 0.353 e. The fourth-order valence-electron chi connectivity index (χ4n) is 3.65. The van der Waals surface area contributed by atoms with Crippen LogP contribution in [0, 0.1) is 23.7 Å². The fraction of sp³-hybridized carbons (Fsp3) is 0.938. The van der Waals surface area contributed by atoms with Crippen molar-refractivity contribution in [2.45, 2.75) is 57.9 Å². The molecule has 1 aliphatic heterocycles. The van der Waals surface area contributed by atoms with E-state index in [1.807, 2.05) is 0 Å². The molecule has 2 N–H and O–H groups in total. The van der Waals surface area contributed by atoms with Gasteiger partial charge in [-0.3, -0.25) is 4.79 Å². The molecule has 3 nitrogen and oxygen atoms in total. The van der Waals surface area contributed by atoms with E-state index in [4.69, 9.17) is 0 Å². The van der Waals surface area contributed by atoms with Crippen LogP contribution in [-0.4, -0.2) is 25.0 Å². The number of carbonyl (C=O) groups excluding carboxylic acids is 1. The zero-order valence-corrected chi connectivity index (χ0v) is 13.4. The summed E-state index contributed by atoms with van der Waals surface area (Å²) in [5.74, 6) is 3.22. The first-order chi connectivity index (χ1) is 9.24. The molecule has 0 aromatic heterocycles. The first kappa shape index (κ1) is 16.1. The number of piperidine rings is 1. The normalized spacial score (nSPS) is 25.1. The van der Waals surface area contributed by atoms with E-state index in [2.05, 4.69) is 17.6 Å². The molecular formula is C16H29ClN2O. The summed E-state index contributed by atoms with van der Waals surface area (Å²) in [7, 11) is 0. The van der Waals surface area contributed by atoms with Crippen molar-refractivity contribution < 1.29 is 4.79 Å². The Morgan fingerprint density at radius 3 is 2.10 bits per heavy atom. The van der Waals surface area contributed by atoms with Gasteiger partial charge in [0.15, 0.2) is 0 Å². The number of amides is 1. The zero-order chi connectivity index (χ0) is 13.2. The van der Waals surface area contributed by atoms with Crippen molar-refractivity contribution in [1.29, 1.82) is 0 Å². The van der Waals surface area contributed by atoms with Crippen molar-refractivity contribution in [1.82, 2.24) is 10.6 Å². The van der Waals surface area contributed by atoms with Crippen LogP contribution in [-0.2, 0) is 4.79 Å². The smallest absolute Gasteiger partial charge is 0.220 e. The summed E-state index contributed by atoms with van der Waals surface area (Å²) in [6.45, 7) is 4.52. The molecule has 0 aromatic rings. The number of hydrogen-bond donors (Lipinski definition) is 2. The van der Waals surface area contributed by atoms with Gasteiger partial charge < -0.3 is 10.6 Å². The zero-order valence-electron chi connectivity index (χ0n) is 12.6. The monoisotopic (exact) mass is 300 g/mol. The molecule has 116 valence electrons. The number of hydrogen-bond acceptors (Lipinski definition) is 2. The first-order valence-corrected chi connectivity index (χ1v) is 8.24. The summed E-state index contributed by atoms with van der Waals surface area (Å²) in [5, 5.41) is 6.76. The lowest BCUT2D eigenvalue weighted by atomic mass is 9.84. The van der Waals surface area contributed by atoms with Crippen molar-refractivity contribution in [3.8, 4) is 0 Å². The van der Waals surface area contributed by atoms with E-state index in [1.54, 1.807) is 0 Å². The van der Waals surface area contributed by atoms with E-state index in [-0.39, 0.29) is 12.4 Å². The summed E-state index contributed by atoms with van der Waals surface area (Å²) < 4.78 is 0. The Kier molecular flexibility index (Phi) is 5.74. The topological polar surface area (TPSA) is 41.1 Å². The van der Waals surface area contributed by atoms with Gasteiger partial charge in [-0.25, -0.2) is 0 Å². The Morgan fingerprint density at radius 2 is 1.60 bits per heavy atom. The molecule has 1 unspecified atom stereocenters. The molecule has 0 aromatic carbocycles. The van der Waals surface area contributed by atoms with Crippen LogP contribution in [0.3, 0.4) is 0 Å². The summed E-state index contributed by atoms with van der Waals surface area (Å²) in [6.07, 6.45) is 8.57. The second-order valence-corrected chi connectivity index (χ2v) is 7.04. The molecular weight excluding hydrogens is 272 g/mol. The summed E-state index contributed by atoms with van der Waals surface area (Å²) >= 11 is 0. The lowest BCUT2D eigenvalue weighted by Crippen LogP contribution is -2.40. The van der Waals surface area contributed by atoms with Crippen LogP contribution in [0.1, 0.15) is 51.9 Å². The molecule has 3 fully saturated rings. The van der Waals surface area contributed by atoms with Crippen LogP contribution >= 0.6 is 12.4 Å². The molecule has 0 bridgehead atoms. The molecule has 1 saturated heterocycles. The Hall–Kier alpha value is -0.280. The average molecular weight is 301 g/mol. The Bertz CT molecular complexity index is 310. The highest BCUT2D eigenvalue weighted by atomic mass is 35.5. The van der Waals surface area contributed by atoms with Crippen LogP contribution in [0.2, 0.25) is 0 Å². The first-order valence-electron chi connectivity index (χ1n) is 8.24. The highest BCUT2D eigenvalue weighted by Crippen LogP contribution is 2.44. The van der Waals surface area contributed by atoms with Gasteiger partial charge in [-0.1, -0.05) is 6.92 Å². The minimum atomic E-state index is 0. The number of rotatable bonds is 6. The second-order valence-electron chi connectivity index (χ2n) is 7.04. The van der Waals surface area contributed by atoms with Crippen LogP contribution in [0.25, 0.3) is 0 Å².